The monoisotopic (exact) mass is 289 g/mol. The van der Waals surface area contributed by atoms with Gasteiger partial charge in [-0.25, -0.2) is 0 Å². The first kappa shape index (κ1) is 16.2. The van der Waals surface area contributed by atoms with Gasteiger partial charge in [0.1, 0.15) is 0 Å². The van der Waals surface area contributed by atoms with E-state index >= 15 is 0 Å². The Hall–Kier alpha value is -0.880. The molecule has 0 aromatic heterocycles. The first-order valence-corrected chi connectivity index (χ1v) is 8.19. The molecule has 1 rings (SSSR count). The van der Waals surface area contributed by atoms with E-state index in [4.69, 9.17) is 4.55 Å². The average Bonchev–Trinajstić information content (AvgIpc) is 2.34. The van der Waals surface area contributed by atoms with Gasteiger partial charge in [-0.15, -0.1) is 0 Å². The molecule has 1 fully saturated rings. The van der Waals surface area contributed by atoms with Gasteiger partial charge in [-0.3, -0.25) is 9.35 Å². The van der Waals surface area contributed by atoms with E-state index in [-0.39, 0.29) is 5.92 Å². The minimum atomic E-state index is -4.30. The lowest BCUT2D eigenvalue weighted by Crippen LogP contribution is -2.45. The summed E-state index contributed by atoms with van der Waals surface area (Å²) in [6, 6.07) is 0. The van der Waals surface area contributed by atoms with E-state index < -0.39 is 27.3 Å². The number of hydrogen-bond donors (Lipinski definition) is 2. The summed E-state index contributed by atoms with van der Waals surface area (Å²) in [7, 11) is -4.30. The normalized spacial score (nSPS) is 19.2. The van der Waals surface area contributed by atoms with Crippen molar-refractivity contribution in [3.8, 4) is 0 Å². The van der Waals surface area contributed by atoms with Gasteiger partial charge < -0.3 is 5.32 Å². The van der Waals surface area contributed by atoms with Gasteiger partial charge in [0, 0.05) is 5.57 Å². The maximum Gasteiger partial charge on any atom is 0.286 e. The van der Waals surface area contributed by atoms with E-state index in [0.717, 1.165) is 25.7 Å². The maximum atomic E-state index is 12.0. The number of nitrogens with one attached hydrogen (secondary N) is 1. The zero-order valence-corrected chi connectivity index (χ0v) is 12.4. The van der Waals surface area contributed by atoms with E-state index in [2.05, 4.69) is 11.9 Å². The number of carbonyl (C=O) groups is 1. The molecular weight excluding hydrogens is 266 g/mol. The molecule has 0 bridgehead atoms. The minimum Gasteiger partial charge on any atom is -0.334 e. The van der Waals surface area contributed by atoms with Gasteiger partial charge in [-0.05, 0) is 24.7 Å². The Morgan fingerprint density at radius 1 is 1.26 bits per heavy atom. The molecule has 1 unspecified atom stereocenters. The molecule has 0 spiro atoms. The first-order chi connectivity index (χ1) is 8.73. The van der Waals surface area contributed by atoms with Gasteiger partial charge in [0.05, 0.1) is 0 Å². The molecule has 5 nitrogen and oxygen atoms in total. The average molecular weight is 289 g/mol. The first-order valence-electron chi connectivity index (χ1n) is 6.69. The second-order valence-corrected chi connectivity index (χ2v) is 7.05. The van der Waals surface area contributed by atoms with Gasteiger partial charge >= 0.3 is 0 Å². The van der Waals surface area contributed by atoms with Crippen molar-refractivity contribution in [3.05, 3.63) is 12.2 Å². The summed E-state index contributed by atoms with van der Waals surface area (Å²) < 4.78 is 31.6. The van der Waals surface area contributed by atoms with Gasteiger partial charge in [0.2, 0.25) is 5.91 Å². The molecular formula is C13H23NO4S. The van der Waals surface area contributed by atoms with E-state index in [1.54, 1.807) is 13.8 Å². The Labute approximate surface area is 115 Å². The Morgan fingerprint density at radius 2 is 1.79 bits per heavy atom. The van der Waals surface area contributed by atoms with Crippen LogP contribution in [0.3, 0.4) is 0 Å². The van der Waals surface area contributed by atoms with Gasteiger partial charge in [0.15, 0.2) is 5.37 Å². The Bertz CT molecular complexity index is 436. The topological polar surface area (TPSA) is 83.5 Å². The molecule has 1 saturated carbocycles. The van der Waals surface area contributed by atoms with Crippen LogP contribution < -0.4 is 5.32 Å². The van der Waals surface area contributed by atoms with Gasteiger partial charge in [-0.1, -0.05) is 39.7 Å². The molecule has 6 heteroatoms. The molecule has 1 aliphatic rings. The zero-order valence-electron chi connectivity index (χ0n) is 11.6. The molecule has 0 saturated heterocycles. The maximum absolute atomic E-state index is 12.0. The standard InChI is InChI=1S/C13H23NO4S/c1-9(2)13(19(16,17)18)14-12(15)10(3)11-7-5-4-6-8-11/h9,11,13H,3-8H2,1-2H3,(H,14,15)(H,16,17,18). The van der Waals surface area contributed by atoms with Crippen LogP contribution in [0.1, 0.15) is 46.0 Å². The van der Waals surface area contributed by atoms with E-state index in [0.29, 0.717) is 5.57 Å². The fourth-order valence-electron chi connectivity index (χ4n) is 2.44. The summed E-state index contributed by atoms with van der Waals surface area (Å²) >= 11 is 0. The molecule has 110 valence electrons. The van der Waals surface area contributed by atoms with Crippen LogP contribution in [0.2, 0.25) is 0 Å². The molecule has 19 heavy (non-hydrogen) atoms. The summed E-state index contributed by atoms with van der Waals surface area (Å²) in [5.74, 6) is -0.746. The Kier molecular flexibility index (Phi) is 5.55. The van der Waals surface area contributed by atoms with Crippen LogP contribution >= 0.6 is 0 Å². The number of rotatable bonds is 5. The smallest absolute Gasteiger partial charge is 0.286 e. The third-order valence-electron chi connectivity index (χ3n) is 3.59. The molecule has 1 atom stereocenters. The molecule has 1 aliphatic carbocycles. The third-order valence-corrected chi connectivity index (χ3v) is 4.89. The van der Waals surface area contributed by atoms with Crippen molar-refractivity contribution in [2.45, 2.75) is 51.3 Å². The molecule has 2 N–H and O–H groups in total. The summed E-state index contributed by atoms with van der Waals surface area (Å²) in [5.41, 5.74) is 0.425. The van der Waals surface area contributed by atoms with Gasteiger partial charge in [0.25, 0.3) is 10.1 Å². The SMILES string of the molecule is C=C(C(=O)NC(C(C)C)S(=O)(=O)O)C1CCCCC1. The molecule has 0 aliphatic heterocycles. The van der Waals surface area contributed by atoms with Crippen molar-refractivity contribution in [2.75, 3.05) is 0 Å². The highest BCUT2D eigenvalue weighted by molar-refractivity contribution is 7.86. The lowest BCUT2D eigenvalue weighted by Gasteiger charge is -2.25. The Balaban J connectivity index is 2.69. The van der Waals surface area contributed by atoms with Crippen LogP contribution in [0, 0.1) is 11.8 Å². The van der Waals surface area contributed by atoms with Crippen molar-refractivity contribution in [1.82, 2.24) is 5.32 Å². The highest BCUT2D eigenvalue weighted by Gasteiger charge is 2.30. The number of carbonyl (C=O) groups excluding carboxylic acids is 1. The second-order valence-electron chi connectivity index (χ2n) is 5.51. The third kappa shape index (κ3) is 4.62. The predicted octanol–water partition coefficient (Wildman–Crippen LogP) is 2.11. The molecule has 0 aromatic rings. The van der Waals surface area contributed by atoms with E-state index in [1.807, 2.05) is 0 Å². The van der Waals surface area contributed by atoms with Crippen LogP contribution in [0.25, 0.3) is 0 Å². The van der Waals surface area contributed by atoms with Crippen molar-refractivity contribution in [3.63, 3.8) is 0 Å². The second kappa shape index (κ2) is 6.52. The lowest BCUT2D eigenvalue weighted by molar-refractivity contribution is -0.118. The predicted molar refractivity (Wildman–Crippen MR) is 74.0 cm³/mol. The van der Waals surface area contributed by atoms with E-state index in [9.17, 15) is 13.2 Å². The quantitative estimate of drug-likeness (QED) is 0.600. The fourth-order valence-corrected chi connectivity index (χ4v) is 3.39. The number of amides is 1. The Morgan fingerprint density at radius 3 is 2.21 bits per heavy atom. The van der Waals surface area contributed by atoms with Crippen molar-refractivity contribution in [1.29, 1.82) is 0 Å². The number of hydrogen-bond acceptors (Lipinski definition) is 3. The van der Waals surface area contributed by atoms with Crippen LogP contribution in [-0.2, 0) is 14.9 Å². The molecule has 0 radical (unpaired) electrons. The van der Waals surface area contributed by atoms with E-state index in [1.165, 1.54) is 6.42 Å². The molecule has 0 aromatic carbocycles. The van der Waals surface area contributed by atoms with Crippen LogP contribution in [0.5, 0.6) is 0 Å². The summed E-state index contributed by atoms with van der Waals surface area (Å²) in [4.78, 5) is 12.0. The van der Waals surface area contributed by atoms with Crippen LogP contribution in [0.15, 0.2) is 12.2 Å². The summed E-state index contributed by atoms with van der Waals surface area (Å²) in [5, 5.41) is 1.10. The van der Waals surface area contributed by atoms with Crippen molar-refractivity contribution >= 4 is 16.0 Å². The highest BCUT2D eigenvalue weighted by Crippen LogP contribution is 2.29. The highest BCUT2D eigenvalue weighted by atomic mass is 32.2. The van der Waals surface area contributed by atoms with Gasteiger partial charge in [-0.2, -0.15) is 8.42 Å². The van der Waals surface area contributed by atoms with Crippen LogP contribution in [0.4, 0.5) is 0 Å². The van der Waals surface area contributed by atoms with Crippen molar-refractivity contribution in [2.24, 2.45) is 11.8 Å². The van der Waals surface area contributed by atoms with Crippen LogP contribution in [-0.4, -0.2) is 24.3 Å². The fraction of sp³-hybridized carbons (Fsp3) is 0.769. The van der Waals surface area contributed by atoms with Crippen molar-refractivity contribution < 1.29 is 17.8 Å². The zero-order chi connectivity index (χ0) is 14.6. The lowest BCUT2D eigenvalue weighted by atomic mass is 9.84. The molecule has 0 heterocycles. The summed E-state index contributed by atoms with van der Waals surface area (Å²) in [6.07, 6.45) is 5.16. The minimum absolute atomic E-state index is 0.128. The summed E-state index contributed by atoms with van der Waals surface area (Å²) in [6.45, 7) is 7.04. The molecule has 1 amide bonds. The largest absolute Gasteiger partial charge is 0.334 e.